The summed E-state index contributed by atoms with van der Waals surface area (Å²) in [7, 11) is 2.30. The van der Waals surface area contributed by atoms with Gasteiger partial charge in [-0.1, -0.05) is 20.3 Å². The van der Waals surface area contributed by atoms with E-state index in [0.29, 0.717) is 12.1 Å². The molecule has 0 aromatic rings. The summed E-state index contributed by atoms with van der Waals surface area (Å²) in [6.45, 7) is 6.01. The molecule has 0 aromatic carbocycles. The van der Waals surface area contributed by atoms with Crippen LogP contribution in [0.4, 0.5) is 0 Å². The number of rotatable bonds is 4. The van der Waals surface area contributed by atoms with Crippen molar-refractivity contribution < 1.29 is 0 Å². The Morgan fingerprint density at radius 2 is 1.88 bits per heavy atom. The lowest BCUT2D eigenvalue weighted by Crippen LogP contribution is -2.51. The quantitative estimate of drug-likeness (QED) is 0.816. The molecule has 2 N–H and O–H groups in total. The molecule has 3 atom stereocenters. The normalized spacial score (nSPS) is 35.3. The fraction of sp³-hybridized carbons (Fsp3) is 1.00. The lowest BCUT2D eigenvalue weighted by molar-refractivity contribution is 0.0896. The SMILES string of the molecule is CC(C)C1CCC(N)C(N(C)CC2CCC2)C1. The minimum absolute atomic E-state index is 0.412. The number of hydrogen-bond acceptors (Lipinski definition) is 2. The second-order valence-electron chi connectivity index (χ2n) is 6.78. The maximum Gasteiger partial charge on any atom is 0.0247 e. The van der Waals surface area contributed by atoms with E-state index in [1.165, 1.54) is 45.1 Å². The molecule has 3 unspecified atom stereocenters. The maximum absolute atomic E-state index is 6.34. The van der Waals surface area contributed by atoms with Gasteiger partial charge in [-0.25, -0.2) is 0 Å². The molecule has 2 heteroatoms. The van der Waals surface area contributed by atoms with Gasteiger partial charge in [0.2, 0.25) is 0 Å². The fourth-order valence-electron chi connectivity index (χ4n) is 3.53. The van der Waals surface area contributed by atoms with Crippen molar-refractivity contribution in [1.82, 2.24) is 4.90 Å². The van der Waals surface area contributed by atoms with Gasteiger partial charge in [0.25, 0.3) is 0 Å². The molecule has 100 valence electrons. The van der Waals surface area contributed by atoms with Crippen molar-refractivity contribution in [1.29, 1.82) is 0 Å². The van der Waals surface area contributed by atoms with Gasteiger partial charge in [-0.2, -0.15) is 0 Å². The van der Waals surface area contributed by atoms with E-state index in [9.17, 15) is 0 Å². The van der Waals surface area contributed by atoms with Gasteiger partial charge in [0.15, 0.2) is 0 Å². The van der Waals surface area contributed by atoms with Crippen LogP contribution in [0.1, 0.15) is 52.4 Å². The molecule has 0 aromatic heterocycles. The van der Waals surface area contributed by atoms with Crippen LogP contribution < -0.4 is 5.73 Å². The highest BCUT2D eigenvalue weighted by atomic mass is 15.2. The summed E-state index contributed by atoms with van der Waals surface area (Å²) in [4.78, 5) is 2.57. The highest BCUT2D eigenvalue weighted by Gasteiger charge is 2.33. The number of hydrogen-bond donors (Lipinski definition) is 1. The summed E-state index contributed by atoms with van der Waals surface area (Å²) in [6.07, 6.45) is 8.22. The van der Waals surface area contributed by atoms with E-state index in [-0.39, 0.29) is 0 Å². The molecule has 0 radical (unpaired) electrons. The Hall–Kier alpha value is -0.0800. The van der Waals surface area contributed by atoms with Crippen LogP contribution in [0.25, 0.3) is 0 Å². The second kappa shape index (κ2) is 5.71. The first-order valence-electron chi connectivity index (χ1n) is 7.53. The van der Waals surface area contributed by atoms with Gasteiger partial charge in [-0.3, -0.25) is 0 Å². The van der Waals surface area contributed by atoms with Crippen molar-refractivity contribution in [2.75, 3.05) is 13.6 Å². The molecule has 0 spiro atoms. The first kappa shape index (κ1) is 13.4. The molecular formula is C15H30N2. The Labute approximate surface area is 107 Å². The van der Waals surface area contributed by atoms with Crippen LogP contribution in [0.15, 0.2) is 0 Å². The Kier molecular flexibility index (Phi) is 4.48. The molecule has 0 amide bonds. The lowest BCUT2D eigenvalue weighted by atomic mass is 9.76. The predicted octanol–water partition coefficient (Wildman–Crippen LogP) is 2.87. The van der Waals surface area contributed by atoms with Crippen LogP contribution in [0, 0.1) is 17.8 Å². The summed E-state index contributed by atoms with van der Waals surface area (Å²) >= 11 is 0. The monoisotopic (exact) mass is 238 g/mol. The highest BCUT2D eigenvalue weighted by Crippen LogP contribution is 2.33. The first-order valence-corrected chi connectivity index (χ1v) is 7.53. The molecule has 17 heavy (non-hydrogen) atoms. The van der Waals surface area contributed by atoms with Gasteiger partial charge in [0.1, 0.15) is 0 Å². The molecule has 2 aliphatic carbocycles. The van der Waals surface area contributed by atoms with Gasteiger partial charge in [0.05, 0.1) is 0 Å². The second-order valence-corrected chi connectivity index (χ2v) is 6.78. The van der Waals surface area contributed by atoms with Gasteiger partial charge >= 0.3 is 0 Å². The van der Waals surface area contributed by atoms with E-state index in [0.717, 1.165) is 17.8 Å². The Morgan fingerprint density at radius 3 is 2.41 bits per heavy atom. The summed E-state index contributed by atoms with van der Waals surface area (Å²) in [5.74, 6) is 2.68. The molecule has 2 saturated carbocycles. The molecule has 0 aliphatic heterocycles. The first-order chi connectivity index (χ1) is 8.08. The van der Waals surface area contributed by atoms with E-state index in [4.69, 9.17) is 5.73 Å². The van der Waals surface area contributed by atoms with Gasteiger partial charge < -0.3 is 10.6 Å². The van der Waals surface area contributed by atoms with Crippen LogP contribution in [-0.2, 0) is 0 Å². The topological polar surface area (TPSA) is 29.3 Å². The molecular weight excluding hydrogens is 208 g/mol. The van der Waals surface area contributed by atoms with Crippen molar-refractivity contribution >= 4 is 0 Å². The summed E-state index contributed by atoms with van der Waals surface area (Å²) in [5.41, 5.74) is 6.34. The minimum atomic E-state index is 0.412. The predicted molar refractivity (Wildman–Crippen MR) is 73.9 cm³/mol. The highest BCUT2D eigenvalue weighted by molar-refractivity contribution is 4.90. The molecule has 2 rings (SSSR count). The van der Waals surface area contributed by atoms with Crippen LogP contribution in [-0.4, -0.2) is 30.6 Å². The van der Waals surface area contributed by atoms with Crippen molar-refractivity contribution in [3.8, 4) is 0 Å². The average Bonchev–Trinajstić information content (AvgIpc) is 2.23. The Morgan fingerprint density at radius 1 is 1.18 bits per heavy atom. The van der Waals surface area contributed by atoms with Crippen LogP contribution in [0.2, 0.25) is 0 Å². The Bertz CT molecular complexity index is 235. The van der Waals surface area contributed by atoms with Gasteiger partial charge in [-0.15, -0.1) is 0 Å². The fourth-order valence-corrected chi connectivity index (χ4v) is 3.53. The summed E-state index contributed by atoms with van der Waals surface area (Å²) < 4.78 is 0. The number of likely N-dealkylation sites (N-methyl/N-ethyl adjacent to an activating group) is 1. The van der Waals surface area contributed by atoms with Crippen LogP contribution in [0.5, 0.6) is 0 Å². The third kappa shape index (κ3) is 3.23. The molecule has 2 nitrogen and oxygen atoms in total. The zero-order chi connectivity index (χ0) is 12.4. The third-order valence-electron chi connectivity index (χ3n) is 5.19. The van der Waals surface area contributed by atoms with E-state index < -0.39 is 0 Å². The maximum atomic E-state index is 6.34. The largest absolute Gasteiger partial charge is 0.326 e. The van der Waals surface area contributed by atoms with Gasteiger partial charge in [0, 0.05) is 18.6 Å². The van der Waals surface area contributed by atoms with E-state index in [1.54, 1.807) is 0 Å². The van der Waals surface area contributed by atoms with E-state index >= 15 is 0 Å². The zero-order valence-electron chi connectivity index (χ0n) is 11.9. The van der Waals surface area contributed by atoms with Crippen molar-refractivity contribution in [2.45, 2.75) is 64.5 Å². The molecule has 0 saturated heterocycles. The van der Waals surface area contributed by atoms with Crippen molar-refractivity contribution in [2.24, 2.45) is 23.5 Å². The van der Waals surface area contributed by atoms with Crippen molar-refractivity contribution in [3.05, 3.63) is 0 Å². The number of nitrogens with two attached hydrogens (primary N) is 1. The van der Waals surface area contributed by atoms with E-state index in [2.05, 4.69) is 25.8 Å². The molecule has 2 fully saturated rings. The van der Waals surface area contributed by atoms with Crippen molar-refractivity contribution in [3.63, 3.8) is 0 Å². The van der Waals surface area contributed by atoms with E-state index in [1.807, 2.05) is 0 Å². The Balaban J connectivity index is 1.87. The number of nitrogens with zero attached hydrogens (tertiary/aromatic N) is 1. The lowest BCUT2D eigenvalue weighted by Gasteiger charge is -2.43. The minimum Gasteiger partial charge on any atom is -0.326 e. The zero-order valence-corrected chi connectivity index (χ0v) is 11.9. The average molecular weight is 238 g/mol. The van der Waals surface area contributed by atoms with Crippen LogP contribution in [0.3, 0.4) is 0 Å². The smallest absolute Gasteiger partial charge is 0.0247 e. The third-order valence-corrected chi connectivity index (χ3v) is 5.19. The molecule has 0 heterocycles. The van der Waals surface area contributed by atoms with Gasteiger partial charge in [-0.05, 0) is 56.9 Å². The molecule has 2 aliphatic rings. The van der Waals surface area contributed by atoms with Crippen LogP contribution >= 0.6 is 0 Å². The molecule has 0 bridgehead atoms. The summed E-state index contributed by atoms with van der Waals surface area (Å²) in [6, 6.07) is 1.05. The standard InChI is InChI=1S/C15H30N2/c1-11(2)13-7-8-14(16)15(9-13)17(3)10-12-5-4-6-12/h11-15H,4-10,16H2,1-3H3. The summed E-state index contributed by atoms with van der Waals surface area (Å²) in [5, 5.41) is 0.